The zero-order valence-corrected chi connectivity index (χ0v) is 12.2. The first-order chi connectivity index (χ1) is 9.69. The molecule has 5 heteroatoms. The molecule has 0 aliphatic heterocycles. The van der Waals surface area contributed by atoms with E-state index >= 15 is 0 Å². The van der Waals surface area contributed by atoms with Crippen LogP contribution in [0.3, 0.4) is 0 Å². The Labute approximate surface area is 126 Å². The van der Waals surface area contributed by atoms with E-state index in [1.165, 1.54) is 11.3 Å². The van der Waals surface area contributed by atoms with Gasteiger partial charge in [-0.05, 0) is 23.8 Å². The first-order valence-corrected chi connectivity index (χ1v) is 7.25. The maximum atomic E-state index is 12.0. The van der Waals surface area contributed by atoms with E-state index in [9.17, 15) is 4.79 Å². The molecule has 0 saturated heterocycles. The SMILES string of the molecule is NCC#Cc1cc(C(=O)NCc2ccc(Cl)cc2)cs1. The Balaban J connectivity index is 1.94. The average Bonchev–Trinajstić information content (AvgIpc) is 2.93. The number of carbonyl (C=O) groups is 1. The topological polar surface area (TPSA) is 55.1 Å². The molecule has 0 bridgehead atoms. The van der Waals surface area contributed by atoms with Gasteiger partial charge in [0.1, 0.15) is 0 Å². The first kappa shape index (κ1) is 14.6. The molecule has 2 aromatic rings. The Bertz CT molecular complexity index is 653. The third-order valence-electron chi connectivity index (χ3n) is 2.54. The van der Waals surface area contributed by atoms with Gasteiger partial charge >= 0.3 is 0 Å². The molecule has 20 heavy (non-hydrogen) atoms. The lowest BCUT2D eigenvalue weighted by Gasteiger charge is -2.03. The van der Waals surface area contributed by atoms with Gasteiger partial charge in [-0.2, -0.15) is 0 Å². The van der Waals surface area contributed by atoms with Gasteiger partial charge in [0.15, 0.2) is 0 Å². The summed E-state index contributed by atoms with van der Waals surface area (Å²) in [7, 11) is 0. The first-order valence-electron chi connectivity index (χ1n) is 5.99. The van der Waals surface area contributed by atoms with Crippen molar-refractivity contribution in [2.24, 2.45) is 5.73 Å². The lowest BCUT2D eigenvalue weighted by atomic mass is 10.2. The van der Waals surface area contributed by atoms with Crippen LogP contribution in [0.5, 0.6) is 0 Å². The van der Waals surface area contributed by atoms with Crippen molar-refractivity contribution in [1.29, 1.82) is 0 Å². The summed E-state index contributed by atoms with van der Waals surface area (Å²) in [5, 5.41) is 5.33. The van der Waals surface area contributed by atoms with Crippen molar-refractivity contribution < 1.29 is 4.79 Å². The summed E-state index contributed by atoms with van der Waals surface area (Å²) in [6, 6.07) is 9.13. The molecule has 0 spiro atoms. The lowest BCUT2D eigenvalue weighted by Crippen LogP contribution is -2.22. The Kier molecular flexibility index (Phi) is 5.19. The molecule has 1 aromatic heterocycles. The number of carbonyl (C=O) groups excluding carboxylic acids is 1. The van der Waals surface area contributed by atoms with Gasteiger partial charge in [0.2, 0.25) is 0 Å². The molecule has 0 atom stereocenters. The van der Waals surface area contributed by atoms with Crippen molar-refractivity contribution in [3.8, 4) is 11.8 Å². The van der Waals surface area contributed by atoms with Crippen LogP contribution in [0.15, 0.2) is 35.7 Å². The molecule has 1 amide bonds. The van der Waals surface area contributed by atoms with Gasteiger partial charge in [-0.3, -0.25) is 4.79 Å². The van der Waals surface area contributed by atoms with E-state index in [2.05, 4.69) is 17.2 Å². The predicted molar refractivity (Wildman–Crippen MR) is 82.9 cm³/mol. The predicted octanol–water partition coefficient (Wildman–Crippen LogP) is 2.64. The highest BCUT2D eigenvalue weighted by Crippen LogP contribution is 2.14. The summed E-state index contributed by atoms with van der Waals surface area (Å²) in [5.41, 5.74) is 6.93. The maximum absolute atomic E-state index is 12.0. The van der Waals surface area contributed by atoms with E-state index in [1.54, 1.807) is 23.6 Å². The van der Waals surface area contributed by atoms with Crippen LogP contribution in [0, 0.1) is 11.8 Å². The molecule has 3 nitrogen and oxygen atoms in total. The molecule has 0 saturated carbocycles. The molecule has 3 N–H and O–H groups in total. The van der Waals surface area contributed by atoms with Gasteiger partial charge in [-0.25, -0.2) is 0 Å². The molecule has 0 fully saturated rings. The molecule has 2 rings (SSSR count). The van der Waals surface area contributed by atoms with Crippen molar-refractivity contribution in [3.05, 3.63) is 56.7 Å². The van der Waals surface area contributed by atoms with Crippen molar-refractivity contribution in [1.82, 2.24) is 5.32 Å². The van der Waals surface area contributed by atoms with E-state index < -0.39 is 0 Å². The van der Waals surface area contributed by atoms with E-state index in [4.69, 9.17) is 17.3 Å². The number of thiophene rings is 1. The number of nitrogens with one attached hydrogen (secondary N) is 1. The van der Waals surface area contributed by atoms with Crippen molar-refractivity contribution in [2.45, 2.75) is 6.54 Å². The summed E-state index contributed by atoms with van der Waals surface area (Å²) in [4.78, 5) is 12.8. The molecule has 0 aliphatic rings. The van der Waals surface area contributed by atoms with Crippen LogP contribution in [0.25, 0.3) is 0 Å². The highest BCUT2D eigenvalue weighted by molar-refractivity contribution is 7.10. The van der Waals surface area contributed by atoms with Crippen LogP contribution < -0.4 is 11.1 Å². The summed E-state index contributed by atoms with van der Waals surface area (Å²) >= 11 is 7.24. The van der Waals surface area contributed by atoms with Crippen LogP contribution in [-0.4, -0.2) is 12.5 Å². The standard InChI is InChI=1S/C15H13ClN2OS/c16-13-5-3-11(4-6-13)9-18-15(19)12-8-14(20-10-12)2-1-7-17/h3-6,8,10H,7,9,17H2,(H,18,19). The van der Waals surface area contributed by atoms with Gasteiger partial charge in [-0.1, -0.05) is 35.6 Å². The fraction of sp³-hybridized carbons (Fsp3) is 0.133. The van der Waals surface area contributed by atoms with Crippen molar-refractivity contribution in [3.63, 3.8) is 0 Å². The minimum atomic E-state index is -0.114. The molecule has 102 valence electrons. The summed E-state index contributed by atoms with van der Waals surface area (Å²) in [5.74, 6) is 5.56. The van der Waals surface area contributed by atoms with Crippen LogP contribution in [0.4, 0.5) is 0 Å². The minimum absolute atomic E-state index is 0.114. The fourth-order valence-electron chi connectivity index (χ4n) is 1.55. The molecule has 0 unspecified atom stereocenters. The van der Waals surface area contributed by atoms with Crippen LogP contribution in [-0.2, 0) is 6.54 Å². The largest absolute Gasteiger partial charge is 0.348 e. The number of amides is 1. The second-order valence-electron chi connectivity index (χ2n) is 4.01. The number of halogens is 1. The highest BCUT2D eigenvalue weighted by Gasteiger charge is 2.07. The third-order valence-corrected chi connectivity index (χ3v) is 3.64. The maximum Gasteiger partial charge on any atom is 0.252 e. The third kappa shape index (κ3) is 4.10. The van der Waals surface area contributed by atoms with E-state index in [-0.39, 0.29) is 5.91 Å². The molecular weight excluding hydrogens is 292 g/mol. The van der Waals surface area contributed by atoms with Crippen LogP contribution in [0.2, 0.25) is 5.02 Å². The van der Waals surface area contributed by atoms with Crippen LogP contribution in [0.1, 0.15) is 20.8 Å². The molecular formula is C15H13ClN2OS. The summed E-state index contributed by atoms with van der Waals surface area (Å²) in [6.45, 7) is 0.783. The number of hydrogen-bond acceptors (Lipinski definition) is 3. The second-order valence-corrected chi connectivity index (χ2v) is 5.36. The van der Waals surface area contributed by atoms with Gasteiger partial charge < -0.3 is 11.1 Å². The average molecular weight is 305 g/mol. The fourth-order valence-corrected chi connectivity index (χ4v) is 2.43. The number of benzene rings is 1. The van der Waals surface area contributed by atoms with Gasteiger partial charge in [0.05, 0.1) is 17.0 Å². The number of hydrogen-bond donors (Lipinski definition) is 2. The zero-order chi connectivity index (χ0) is 14.4. The number of nitrogens with two attached hydrogens (primary N) is 1. The van der Waals surface area contributed by atoms with Crippen LogP contribution >= 0.6 is 22.9 Å². The monoisotopic (exact) mass is 304 g/mol. The van der Waals surface area contributed by atoms with E-state index in [0.29, 0.717) is 23.7 Å². The van der Waals surface area contributed by atoms with Crippen molar-refractivity contribution >= 4 is 28.8 Å². The van der Waals surface area contributed by atoms with E-state index in [0.717, 1.165) is 10.4 Å². The zero-order valence-electron chi connectivity index (χ0n) is 10.7. The van der Waals surface area contributed by atoms with Gasteiger partial charge in [0.25, 0.3) is 5.91 Å². The summed E-state index contributed by atoms with van der Waals surface area (Å²) < 4.78 is 0. The Hall–Kier alpha value is -1.80. The van der Waals surface area contributed by atoms with E-state index in [1.807, 2.05) is 12.1 Å². The Morgan fingerprint density at radius 1 is 1.35 bits per heavy atom. The second kappa shape index (κ2) is 7.11. The highest BCUT2D eigenvalue weighted by atomic mass is 35.5. The summed E-state index contributed by atoms with van der Waals surface area (Å²) in [6.07, 6.45) is 0. The van der Waals surface area contributed by atoms with Gasteiger partial charge in [-0.15, -0.1) is 11.3 Å². The lowest BCUT2D eigenvalue weighted by molar-refractivity contribution is 0.0951. The van der Waals surface area contributed by atoms with Crippen molar-refractivity contribution in [2.75, 3.05) is 6.54 Å². The molecule has 0 radical (unpaired) electrons. The minimum Gasteiger partial charge on any atom is -0.348 e. The molecule has 1 aromatic carbocycles. The molecule has 1 heterocycles. The quantitative estimate of drug-likeness (QED) is 0.857. The normalized spacial score (nSPS) is 9.70. The molecule has 0 aliphatic carbocycles. The Morgan fingerprint density at radius 2 is 2.10 bits per heavy atom. The Morgan fingerprint density at radius 3 is 2.80 bits per heavy atom. The number of rotatable bonds is 3. The smallest absolute Gasteiger partial charge is 0.252 e. The van der Waals surface area contributed by atoms with Gasteiger partial charge in [0, 0.05) is 16.9 Å².